The number of rotatable bonds is 0. The Labute approximate surface area is 77.1 Å². The Bertz CT molecular complexity index is 264. The van der Waals surface area contributed by atoms with E-state index in [1.165, 1.54) is 4.90 Å². The van der Waals surface area contributed by atoms with Crippen molar-refractivity contribution in [2.24, 2.45) is 17.6 Å². The Morgan fingerprint density at radius 1 is 1.23 bits per heavy atom. The molecule has 4 nitrogen and oxygen atoms in total. The van der Waals surface area contributed by atoms with Gasteiger partial charge in [-0.2, -0.15) is 0 Å². The van der Waals surface area contributed by atoms with Crippen LogP contribution in [0.1, 0.15) is 19.3 Å². The average molecular weight is 182 g/mol. The number of carbonyl (C=O) groups excluding carboxylic acids is 2. The highest BCUT2D eigenvalue weighted by atomic mass is 16.2. The lowest BCUT2D eigenvalue weighted by atomic mass is 9.79. The third-order valence-electron chi connectivity index (χ3n) is 3.19. The topological polar surface area (TPSA) is 63.4 Å². The van der Waals surface area contributed by atoms with Crippen LogP contribution in [0.5, 0.6) is 0 Å². The maximum atomic E-state index is 11.5. The van der Waals surface area contributed by atoms with Gasteiger partial charge >= 0.3 is 0 Å². The van der Waals surface area contributed by atoms with E-state index in [9.17, 15) is 9.59 Å². The quantitative estimate of drug-likeness (QED) is 0.524. The van der Waals surface area contributed by atoms with Crippen molar-refractivity contribution < 1.29 is 9.59 Å². The van der Waals surface area contributed by atoms with Crippen molar-refractivity contribution in [3.8, 4) is 0 Å². The highest BCUT2D eigenvalue weighted by molar-refractivity contribution is 6.04. The first kappa shape index (κ1) is 8.69. The summed E-state index contributed by atoms with van der Waals surface area (Å²) in [5.41, 5.74) is 5.76. The van der Waals surface area contributed by atoms with E-state index in [0.29, 0.717) is 6.42 Å². The molecule has 1 heterocycles. The van der Waals surface area contributed by atoms with Gasteiger partial charge in [-0.05, 0) is 19.3 Å². The standard InChI is InChI=1S/C9H14N2O2/c1-11-8(12)6-3-2-5(10)4-7(6)9(11)13/h5-7H,2-4,10H2,1H3/t5-,6-,7+/m1/s1. The molecule has 1 saturated heterocycles. The lowest BCUT2D eigenvalue weighted by Crippen LogP contribution is -2.34. The van der Waals surface area contributed by atoms with Crippen molar-refractivity contribution in [3.05, 3.63) is 0 Å². The second-order valence-corrected chi connectivity index (χ2v) is 4.02. The molecule has 3 atom stereocenters. The summed E-state index contributed by atoms with van der Waals surface area (Å²) in [5.74, 6) is -0.245. The van der Waals surface area contributed by atoms with Gasteiger partial charge in [0.05, 0.1) is 11.8 Å². The molecule has 0 spiro atoms. The first-order valence-electron chi connectivity index (χ1n) is 4.68. The number of hydrogen-bond acceptors (Lipinski definition) is 3. The van der Waals surface area contributed by atoms with Crippen LogP contribution >= 0.6 is 0 Å². The van der Waals surface area contributed by atoms with Gasteiger partial charge in [-0.3, -0.25) is 14.5 Å². The van der Waals surface area contributed by atoms with Gasteiger partial charge in [-0.1, -0.05) is 0 Å². The maximum absolute atomic E-state index is 11.5. The highest BCUT2D eigenvalue weighted by Gasteiger charge is 2.47. The fourth-order valence-electron chi connectivity index (χ4n) is 2.38. The third kappa shape index (κ3) is 1.16. The van der Waals surface area contributed by atoms with Crippen molar-refractivity contribution in [3.63, 3.8) is 0 Å². The monoisotopic (exact) mass is 182 g/mol. The number of nitrogens with two attached hydrogens (primary N) is 1. The van der Waals surface area contributed by atoms with E-state index in [1.54, 1.807) is 7.05 Å². The molecule has 4 heteroatoms. The molecule has 1 saturated carbocycles. The summed E-state index contributed by atoms with van der Waals surface area (Å²) in [4.78, 5) is 24.3. The number of amides is 2. The van der Waals surface area contributed by atoms with Crippen LogP contribution in [0.15, 0.2) is 0 Å². The van der Waals surface area contributed by atoms with Crippen LogP contribution in [-0.4, -0.2) is 29.8 Å². The van der Waals surface area contributed by atoms with Crippen molar-refractivity contribution in [1.82, 2.24) is 4.90 Å². The van der Waals surface area contributed by atoms with Crippen LogP contribution in [-0.2, 0) is 9.59 Å². The Hall–Kier alpha value is -0.900. The smallest absolute Gasteiger partial charge is 0.232 e. The second-order valence-electron chi connectivity index (χ2n) is 4.02. The van der Waals surface area contributed by atoms with E-state index in [-0.39, 0.29) is 29.7 Å². The molecule has 2 amide bonds. The molecular formula is C9H14N2O2. The molecule has 2 aliphatic rings. The van der Waals surface area contributed by atoms with E-state index in [0.717, 1.165) is 12.8 Å². The number of likely N-dealkylation sites (tertiary alicyclic amines) is 1. The molecule has 13 heavy (non-hydrogen) atoms. The van der Waals surface area contributed by atoms with E-state index in [1.807, 2.05) is 0 Å². The van der Waals surface area contributed by atoms with Gasteiger partial charge in [0.1, 0.15) is 0 Å². The summed E-state index contributed by atoms with van der Waals surface area (Å²) in [7, 11) is 1.56. The fourth-order valence-corrected chi connectivity index (χ4v) is 2.38. The third-order valence-corrected chi connectivity index (χ3v) is 3.19. The zero-order valence-corrected chi connectivity index (χ0v) is 7.69. The summed E-state index contributed by atoms with van der Waals surface area (Å²) < 4.78 is 0. The van der Waals surface area contributed by atoms with E-state index < -0.39 is 0 Å². The van der Waals surface area contributed by atoms with E-state index in [2.05, 4.69) is 0 Å². The minimum absolute atomic E-state index is 0.0121. The molecule has 1 aliphatic heterocycles. The van der Waals surface area contributed by atoms with Gasteiger partial charge in [0, 0.05) is 13.1 Å². The molecule has 0 radical (unpaired) electrons. The molecule has 2 rings (SSSR count). The van der Waals surface area contributed by atoms with Gasteiger partial charge in [0.2, 0.25) is 11.8 Å². The van der Waals surface area contributed by atoms with Gasteiger partial charge < -0.3 is 5.73 Å². The first-order valence-corrected chi connectivity index (χ1v) is 4.68. The largest absolute Gasteiger partial charge is 0.328 e. The van der Waals surface area contributed by atoms with E-state index in [4.69, 9.17) is 5.73 Å². The summed E-state index contributed by atoms with van der Waals surface area (Å²) in [6, 6.07) is 0.101. The molecule has 0 aromatic rings. The second kappa shape index (κ2) is 2.80. The molecule has 72 valence electrons. The first-order chi connectivity index (χ1) is 6.11. The molecule has 1 aliphatic carbocycles. The minimum atomic E-state index is -0.124. The fraction of sp³-hybridized carbons (Fsp3) is 0.778. The predicted octanol–water partition coefficient (Wildman–Crippen LogP) is -0.271. The minimum Gasteiger partial charge on any atom is -0.328 e. The Kier molecular flexibility index (Phi) is 1.87. The lowest BCUT2D eigenvalue weighted by Gasteiger charge is -2.25. The maximum Gasteiger partial charge on any atom is 0.232 e. The Balaban J connectivity index is 2.22. The van der Waals surface area contributed by atoms with Gasteiger partial charge in [-0.25, -0.2) is 0 Å². The molecule has 0 bridgehead atoms. The Morgan fingerprint density at radius 2 is 1.85 bits per heavy atom. The van der Waals surface area contributed by atoms with Crippen LogP contribution in [0.4, 0.5) is 0 Å². The van der Waals surface area contributed by atoms with Crippen LogP contribution < -0.4 is 5.73 Å². The Morgan fingerprint density at radius 3 is 2.54 bits per heavy atom. The molecule has 2 N–H and O–H groups in total. The molecule has 0 unspecified atom stereocenters. The van der Waals surface area contributed by atoms with Crippen LogP contribution in [0.2, 0.25) is 0 Å². The van der Waals surface area contributed by atoms with Crippen LogP contribution in [0, 0.1) is 11.8 Å². The summed E-state index contributed by atoms with van der Waals surface area (Å²) in [5, 5.41) is 0. The van der Waals surface area contributed by atoms with Crippen molar-refractivity contribution in [2.75, 3.05) is 7.05 Å². The number of nitrogens with zero attached hydrogens (tertiary/aromatic N) is 1. The number of imide groups is 1. The zero-order valence-electron chi connectivity index (χ0n) is 7.69. The summed E-state index contributed by atoms with van der Waals surface area (Å²) in [6.45, 7) is 0. The molecule has 2 fully saturated rings. The summed E-state index contributed by atoms with van der Waals surface area (Å²) in [6.07, 6.45) is 2.33. The molecule has 0 aromatic carbocycles. The SMILES string of the molecule is CN1C(=O)[C@H]2C[C@H](N)CC[C@H]2C1=O. The number of hydrogen-bond donors (Lipinski definition) is 1. The van der Waals surface area contributed by atoms with Crippen LogP contribution in [0.3, 0.4) is 0 Å². The van der Waals surface area contributed by atoms with Crippen molar-refractivity contribution in [1.29, 1.82) is 0 Å². The van der Waals surface area contributed by atoms with Gasteiger partial charge in [0.15, 0.2) is 0 Å². The zero-order chi connectivity index (χ0) is 9.59. The molecular weight excluding hydrogens is 168 g/mol. The summed E-state index contributed by atoms with van der Waals surface area (Å²) >= 11 is 0. The van der Waals surface area contributed by atoms with Crippen molar-refractivity contribution in [2.45, 2.75) is 25.3 Å². The highest BCUT2D eigenvalue weighted by Crippen LogP contribution is 2.36. The normalized spacial score (nSPS) is 39.5. The van der Waals surface area contributed by atoms with Crippen molar-refractivity contribution >= 4 is 11.8 Å². The van der Waals surface area contributed by atoms with Gasteiger partial charge in [-0.15, -0.1) is 0 Å². The lowest BCUT2D eigenvalue weighted by molar-refractivity contribution is -0.138. The van der Waals surface area contributed by atoms with E-state index >= 15 is 0 Å². The van der Waals surface area contributed by atoms with Gasteiger partial charge in [0.25, 0.3) is 0 Å². The number of carbonyl (C=O) groups is 2. The van der Waals surface area contributed by atoms with Crippen LogP contribution in [0.25, 0.3) is 0 Å². The predicted molar refractivity (Wildman–Crippen MR) is 46.6 cm³/mol. The average Bonchev–Trinajstić information content (AvgIpc) is 2.32. The number of fused-ring (bicyclic) bond motifs is 1. The molecule has 0 aromatic heterocycles.